The summed E-state index contributed by atoms with van der Waals surface area (Å²) < 4.78 is 0. The molecule has 1 saturated carbocycles. The van der Waals surface area contributed by atoms with Crippen LogP contribution in [0.15, 0.2) is 24.3 Å². The maximum Gasteiger partial charge on any atom is 0.307 e. The molecule has 0 saturated heterocycles. The Hall–Kier alpha value is -1.31. The van der Waals surface area contributed by atoms with Crippen LogP contribution < -0.4 is 0 Å². The van der Waals surface area contributed by atoms with E-state index in [0.717, 1.165) is 17.9 Å². The van der Waals surface area contributed by atoms with E-state index in [-0.39, 0.29) is 6.42 Å². The fourth-order valence-electron chi connectivity index (χ4n) is 1.70. The zero-order valence-corrected chi connectivity index (χ0v) is 8.07. The zero-order valence-electron chi connectivity index (χ0n) is 8.07. The number of carboxylic acid groups (broad SMARTS) is 1. The smallest absolute Gasteiger partial charge is 0.307 e. The Morgan fingerprint density at radius 2 is 2.07 bits per heavy atom. The maximum absolute atomic E-state index is 10.5. The second-order valence-corrected chi connectivity index (χ2v) is 4.04. The van der Waals surface area contributed by atoms with Crippen LogP contribution in [-0.4, -0.2) is 11.1 Å². The molecule has 1 aliphatic rings. The van der Waals surface area contributed by atoms with Crippen LogP contribution in [0.3, 0.4) is 0 Å². The number of benzene rings is 1. The van der Waals surface area contributed by atoms with Gasteiger partial charge in [0.15, 0.2) is 0 Å². The third-order valence-corrected chi connectivity index (χ3v) is 2.57. The second-order valence-electron chi connectivity index (χ2n) is 4.04. The molecule has 1 aliphatic carbocycles. The molecule has 2 nitrogen and oxygen atoms in total. The van der Waals surface area contributed by atoms with Gasteiger partial charge in [-0.1, -0.05) is 24.3 Å². The Balaban J connectivity index is 2.05. The number of carboxylic acids is 1. The van der Waals surface area contributed by atoms with Gasteiger partial charge in [0.1, 0.15) is 0 Å². The number of rotatable bonds is 4. The maximum atomic E-state index is 10.5. The van der Waals surface area contributed by atoms with Crippen LogP contribution >= 0.6 is 0 Å². The van der Waals surface area contributed by atoms with Crippen molar-refractivity contribution < 1.29 is 9.90 Å². The molecule has 14 heavy (non-hydrogen) atoms. The van der Waals surface area contributed by atoms with Crippen LogP contribution in [-0.2, 0) is 17.6 Å². The molecule has 2 heteroatoms. The average Bonchev–Trinajstić information content (AvgIpc) is 2.87. The van der Waals surface area contributed by atoms with E-state index in [4.69, 9.17) is 5.11 Å². The van der Waals surface area contributed by atoms with Gasteiger partial charge in [-0.3, -0.25) is 4.79 Å². The van der Waals surface area contributed by atoms with Crippen molar-refractivity contribution in [3.05, 3.63) is 35.4 Å². The van der Waals surface area contributed by atoms with E-state index in [2.05, 4.69) is 6.07 Å². The van der Waals surface area contributed by atoms with Crippen molar-refractivity contribution in [2.45, 2.75) is 25.7 Å². The fraction of sp³-hybridized carbons (Fsp3) is 0.417. The summed E-state index contributed by atoms with van der Waals surface area (Å²) in [5, 5.41) is 8.65. The molecular formula is C12H14O2. The lowest BCUT2D eigenvalue weighted by molar-refractivity contribution is -0.136. The Kier molecular flexibility index (Phi) is 2.53. The van der Waals surface area contributed by atoms with E-state index in [0.29, 0.717) is 0 Å². The van der Waals surface area contributed by atoms with E-state index in [1.54, 1.807) is 0 Å². The molecule has 1 fully saturated rings. The summed E-state index contributed by atoms with van der Waals surface area (Å²) in [7, 11) is 0. The van der Waals surface area contributed by atoms with Gasteiger partial charge in [-0.2, -0.15) is 0 Å². The summed E-state index contributed by atoms with van der Waals surface area (Å²) in [4.78, 5) is 10.5. The molecule has 0 spiro atoms. The lowest BCUT2D eigenvalue weighted by Crippen LogP contribution is -2.00. The summed E-state index contributed by atoms with van der Waals surface area (Å²) in [5.41, 5.74) is 2.20. The monoisotopic (exact) mass is 190 g/mol. The molecule has 74 valence electrons. The molecule has 1 N–H and O–H groups in total. The highest BCUT2D eigenvalue weighted by Gasteiger charge is 2.21. The summed E-state index contributed by atoms with van der Waals surface area (Å²) in [5.74, 6) is 0.101. The Labute approximate surface area is 83.6 Å². The van der Waals surface area contributed by atoms with Gasteiger partial charge in [0, 0.05) is 0 Å². The minimum Gasteiger partial charge on any atom is -0.481 e. The van der Waals surface area contributed by atoms with Gasteiger partial charge in [0.2, 0.25) is 0 Å². The first kappa shape index (κ1) is 9.25. The first-order valence-electron chi connectivity index (χ1n) is 5.03. The van der Waals surface area contributed by atoms with Crippen molar-refractivity contribution >= 4 is 5.97 Å². The first-order valence-corrected chi connectivity index (χ1v) is 5.03. The van der Waals surface area contributed by atoms with Crippen LogP contribution in [0.25, 0.3) is 0 Å². The van der Waals surface area contributed by atoms with Crippen molar-refractivity contribution in [2.24, 2.45) is 5.92 Å². The molecular weight excluding hydrogens is 176 g/mol. The van der Waals surface area contributed by atoms with Crippen LogP contribution in [0.1, 0.15) is 24.0 Å². The number of aliphatic carboxylic acids is 1. The number of hydrogen-bond acceptors (Lipinski definition) is 1. The van der Waals surface area contributed by atoms with Crippen molar-refractivity contribution in [3.63, 3.8) is 0 Å². The molecule has 1 aromatic carbocycles. The zero-order chi connectivity index (χ0) is 9.97. The van der Waals surface area contributed by atoms with Crippen LogP contribution in [0.4, 0.5) is 0 Å². The van der Waals surface area contributed by atoms with Crippen molar-refractivity contribution in [1.29, 1.82) is 0 Å². The predicted octanol–water partition coefficient (Wildman–Crippen LogP) is 2.27. The molecule has 0 aliphatic heterocycles. The second kappa shape index (κ2) is 3.82. The first-order chi connectivity index (χ1) is 6.74. The molecule has 0 bridgehead atoms. The minimum atomic E-state index is -0.756. The van der Waals surface area contributed by atoms with E-state index >= 15 is 0 Å². The minimum absolute atomic E-state index is 0.137. The summed E-state index contributed by atoms with van der Waals surface area (Å²) in [6, 6.07) is 7.94. The Morgan fingerprint density at radius 1 is 1.36 bits per heavy atom. The standard InChI is InChI=1S/C12H14O2/c13-12(14)8-11-3-1-2-10(7-11)6-9-4-5-9/h1-3,7,9H,4-6,8H2,(H,13,14). The largest absolute Gasteiger partial charge is 0.481 e. The van der Waals surface area contributed by atoms with E-state index in [1.807, 2.05) is 18.2 Å². The summed E-state index contributed by atoms with van der Waals surface area (Å²) in [6.07, 6.45) is 3.93. The number of hydrogen-bond donors (Lipinski definition) is 1. The van der Waals surface area contributed by atoms with Gasteiger partial charge in [-0.15, -0.1) is 0 Å². The van der Waals surface area contributed by atoms with Gasteiger partial charge in [-0.05, 0) is 36.3 Å². The van der Waals surface area contributed by atoms with Gasteiger partial charge in [-0.25, -0.2) is 0 Å². The Morgan fingerprint density at radius 3 is 2.71 bits per heavy atom. The highest BCUT2D eigenvalue weighted by atomic mass is 16.4. The van der Waals surface area contributed by atoms with Crippen LogP contribution in [0.2, 0.25) is 0 Å². The van der Waals surface area contributed by atoms with E-state index in [1.165, 1.54) is 18.4 Å². The van der Waals surface area contributed by atoms with Gasteiger partial charge >= 0.3 is 5.97 Å². The lowest BCUT2D eigenvalue weighted by Gasteiger charge is -2.02. The molecule has 1 aromatic rings. The summed E-state index contributed by atoms with van der Waals surface area (Å²) >= 11 is 0. The molecule has 0 aromatic heterocycles. The SMILES string of the molecule is O=C(O)Cc1cccc(CC2CC2)c1. The quantitative estimate of drug-likeness (QED) is 0.790. The highest BCUT2D eigenvalue weighted by molar-refractivity contribution is 5.70. The highest BCUT2D eigenvalue weighted by Crippen LogP contribution is 2.32. The third-order valence-electron chi connectivity index (χ3n) is 2.57. The van der Waals surface area contributed by atoms with Gasteiger partial charge in [0.25, 0.3) is 0 Å². The molecule has 0 atom stereocenters. The molecule has 2 rings (SSSR count). The molecule has 0 heterocycles. The molecule has 0 amide bonds. The third kappa shape index (κ3) is 2.59. The van der Waals surface area contributed by atoms with Crippen molar-refractivity contribution in [3.8, 4) is 0 Å². The van der Waals surface area contributed by atoms with E-state index in [9.17, 15) is 4.79 Å². The molecule has 0 radical (unpaired) electrons. The molecule has 0 unspecified atom stereocenters. The summed E-state index contributed by atoms with van der Waals surface area (Å²) in [6.45, 7) is 0. The lowest BCUT2D eigenvalue weighted by atomic mass is 10.0. The normalized spacial score (nSPS) is 15.4. The topological polar surface area (TPSA) is 37.3 Å². The van der Waals surface area contributed by atoms with E-state index < -0.39 is 5.97 Å². The number of carbonyl (C=O) groups is 1. The fourth-order valence-corrected chi connectivity index (χ4v) is 1.70. The predicted molar refractivity (Wildman–Crippen MR) is 54.2 cm³/mol. The van der Waals surface area contributed by atoms with Crippen LogP contribution in [0, 0.1) is 5.92 Å². The van der Waals surface area contributed by atoms with Gasteiger partial charge < -0.3 is 5.11 Å². The van der Waals surface area contributed by atoms with Crippen molar-refractivity contribution in [2.75, 3.05) is 0 Å². The Bertz CT molecular complexity index is 340. The average molecular weight is 190 g/mol. The van der Waals surface area contributed by atoms with Crippen LogP contribution in [0.5, 0.6) is 0 Å². The van der Waals surface area contributed by atoms with Gasteiger partial charge in [0.05, 0.1) is 6.42 Å². The van der Waals surface area contributed by atoms with Crippen molar-refractivity contribution in [1.82, 2.24) is 0 Å².